The number of nitrogens with one attached hydrogen (secondary N) is 3. The molecule has 0 spiro atoms. The number of carboxylic acids is 1. The van der Waals surface area contributed by atoms with Crippen LogP contribution in [0.15, 0.2) is 91.0 Å². The van der Waals surface area contributed by atoms with E-state index >= 15 is 0 Å². The third-order valence-corrected chi connectivity index (χ3v) is 11.4. The summed E-state index contributed by atoms with van der Waals surface area (Å²) in [6.45, 7) is 9.87. The van der Waals surface area contributed by atoms with Crippen molar-refractivity contribution in [2.45, 2.75) is 65.0 Å². The maximum atomic E-state index is 13.6. The Morgan fingerprint density at radius 2 is 1.22 bits per heavy atom. The van der Waals surface area contributed by atoms with E-state index in [2.05, 4.69) is 32.3 Å². The molecule has 0 fully saturated rings. The number of anilines is 1. The maximum absolute atomic E-state index is 13.6. The molecule has 0 radical (unpaired) electrons. The molecule has 0 aromatic heterocycles. The van der Waals surface area contributed by atoms with Gasteiger partial charge in [0.2, 0.25) is 11.8 Å². The minimum atomic E-state index is -1.63. The van der Waals surface area contributed by atoms with Gasteiger partial charge in [0.15, 0.2) is 0 Å². The van der Waals surface area contributed by atoms with Gasteiger partial charge in [0.1, 0.15) is 0 Å². The molecule has 0 saturated carbocycles. The van der Waals surface area contributed by atoms with E-state index in [1.54, 1.807) is 49.4 Å². The highest BCUT2D eigenvalue weighted by atomic mass is 16.4. The first kappa shape index (κ1) is 50.1. The second-order valence-electron chi connectivity index (χ2n) is 16.3. The van der Waals surface area contributed by atoms with Crippen molar-refractivity contribution < 1.29 is 49.2 Å². The Morgan fingerprint density at radius 3 is 1.78 bits per heavy atom. The van der Waals surface area contributed by atoms with Crippen LogP contribution in [0.25, 0.3) is 10.8 Å². The number of aliphatic carboxylic acids is 1. The summed E-state index contributed by atoms with van der Waals surface area (Å²) in [5.41, 5.74) is 4.41. The summed E-state index contributed by atoms with van der Waals surface area (Å²) in [4.78, 5) is 67.8. The summed E-state index contributed by atoms with van der Waals surface area (Å²) in [5.74, 6) is -2.43. The number of rotatable bonds is 28. The zero-order valence-corrected chi connectivity index (χ0v) is 37.0. The number of unbranched alkanes of at least 4 members (excludes halogenated alkanes) is 3. The van der Waals surface area contributed by atoms with Gasteiger partial charge in [-0.3, -0.25) is 38.7 Å². The lowest BCUT2D eigenvalue weighted by molar-refractivity contribution is -0.138. The average Bonchev–Trinajstić information content (AvgIpc) is 3.28. The minimum absolute atomic E-state index is 0.106. The number of benzene rings is 4. The molecule has 0 atom stereocenters. The van der Waals surface area contributed by atoms with Crippen molar-refractivity contribution in [3.05, 3.63) is 113 Å². The highest BCUT2D eigenvalue weighted by Gasteiger charge is 2.33. The maximum Gasteiger partial charge on any atom is 0.488 e. The normalized spacial score (nSPS) is 12.2. The summed E-state index contributed by atoms with van der Waals surface area (Å²) >= 11 is 0. The molecule has 0 aliphatic carbocycles. The van der Waals surface area contributed by atoms with Crippen molar-refractivity contribution in [1.29, 1.82) is 0 Å². The Balaban J connectivity index is 1.19. The molecule has 65 heavy (non-hydrogen) atoms. The lowest BCUT2D eigenvalue weighted by Crippen LogP contribution is -2.42. The van der Waals surface area contributed by atoms with E-state index < -0.39 is 20.2 Å². The molecule has 5 rings (SSSR count). The number of imide groups is 1. The SMILES string of the molecule is C=C(C)C(=O)NCCCN1C(=O)c2cccc3c(NCCN(CCCCCCN(CCNC(=O)CCC(=O)O)Cc4ccccc4B(O)O)Cc4ccccc4B(O)O)ccc(c23)C1=O. The van der Waals surface area contributed by atoms with E-state index in [1.165, 1.54) is 4.90 Å². The summed E-state index contributed by atoms with van der Waals surface area (Å²) in [7, 11) is -3.25. The third kappa shape index (κ3) is 14.6. The summed E-state index contributed by atoms with van der Waals surface area (Å²) < 4.78 is 0. The van der Waals surface area contributed by atoms with Gasteiger partial charge >= 0.3 is 20.2 Å². The van der Waals surface area contributed by atoms with Crippen molar-refractivity contribution in [2.75, 3.05) is 57.7 Å². The fourth-order valence-electron chi connectivity index (χ4n) is 8.01. The molecule has 0 bridgehead atoms. The molecule has 0 unspecified atom stereocenters. The van der Waals surface area contributed by atoms with Crippen LogP contribution in [0.3, 0.4) is 0 Å². The van der Waals surface area contributed by atoms with Crippen LogP contribution >= 0.6 is 0 Å². The van der Waals surface area contributed by atoms with Crippen LogP contribution in [0.4, 0.5) is 5.69 Å². The molecule has 4 aromatic rings. The molecular weight excluding hydrogens is 830 g/mol. The van der Waals surface area contributed by atoms with E-state index in [9.17, 15) is 44.1 Å². The Morgan fingerprint density at radius 1 is 0.646 bits per heavy atom. The Labute approximate surface area is 380 Å². The first-order valence-corrected chi connectivity index (χ1v) is 22.2. The fourth-order valence-corrected chi connectivity index (χ4v) is 8.01. The van der Waals surface area contributed by atoms with Crippen molar-refractivity contribution in [1.82, 2.24) is 25.3 Å². The van der Waals surface area contributed by atoms with Gasteiger partial charge in [0.05, 0.1) is 6.42 Å². The van der Waals surface area contributed by atoms with Crippen LogP contribution in [-0.4, -0.2) is 136 Å². The lowest BCUT2D eigenvalue weighted by atomic mass is 9.77. The van der Waals surface area contributed by atoms with Crippen LogP contribution in [-0.2, 0) is 27.5 Å². The average molecular weight is 891 g/mol. The fraction of sp³-hybridized carbons (Fsp3) is 0.383. The topological polar surface area (TPSA) is 232 Å². The van der Waals surface area contributed by atoms with Gasteiger partial charge in [-0.05, 0) is 79.5 Å². The van der Waals surface area contributed by atoms with Crippen LogP contribution in [0.1, 0.15) is 83.7 Å². The number of carbonyl (C=O) groups is 5. The zero-order chi connectivity index (χ0) is 46.9. The first-order valence-electron chi connectivity index (χ1n) is 22.2. The molecule has 0 saturated heterocycles. The first-order chi connectivity index (χ1) is 31.2. The molecule has 1 aliphatic rings. The molecule has 4 amide bonds. The Hall–Kier alpha value is -5.88. The number of hydrogen-bond donors (Lipinski definition) is 8. The number of amides is 4. The van der Waals surface area contributed by atoms with Gasteiger partial charge in [-0.2, -0.15) is 0 Å². The number of hydrogen-bond acceptors (Lipinski definition) is 12. The summed E-state index contributed by atoms with van der Waals surface area (Å²) in [5, 5.41) is 59.4. The monoisotopic (exact) mass is 890 g/mol. The van der Waals surface area contributed by atoms with E-state index in [-0.39, 0.29) is 43.0 Å². The molecule has 16 nitrogen and oxygen atoms in total. The van der Waals surface area contributed by atoms with Gasteiger partial charge < -0.3 is 41.2 Å². The van der Waals surface area contributed by atoms with Gasteiger partial charge in [-0.15, -0.1) is 0 Å². The highest BCUT2D eigenvalue weighted by molar-refractivity contribution is 6.59. The molecular formula is C47H60B2N6O10. The van der Waals surface area contributed by atoms with Crippen molar-refractivity contribution in [2.24, 2.45) is 0 Å². The van der Waals surface area contributed by atoms with Gasteiger partial charge in [0, 0.05) is 91.9 Å². The predicted octanol–water partition coefficient (Wildman–Crippen LogP) is 1.84. The molecule has 1 heterocycles. The van der Waals surface area contributed by atoms with Crippen molar-refractivity contribution in [3.63, 3.8) is 0 Å². The van der Waals surface area contributed by atoms with Crippen LogP contribution in [0, 0.1) is 0 Å². The molecule has 4 aromatic carbocycles. The Kier molecular flexibility index (Phi) is 19.3. The van der Waals surface area contributed by atoms with Crippen LogP contribution in [0.5, 0.6) is 0 Å². The smallest absolute Gasteiger partial charge is 0.481 e. The molecule has 18 heteroatoms. The standard InChI is InChI=1S/C47H60B2N6O10/c1-33(2)45(59)52-23-12-28-55-46(60)37-16-11-15-36-41(20-19-38(44(36)37)47(55)61)50-24-29-53(31-34-13-5-7-17-39(34)48(62)63)26-9-3-4-10-27-54(30-25-51-42(56)21-22-43(57)58)32-35-14-6-8-18-40(35)49(64)65/h5-8,11,13-20,50,62-65H,1,3-4,9-10,12,21-32H2,2H3,(H,51,56)(H,52,59)(H,57,58). The van der Waals surface area contributed by atoms with Crippen molar-refractivity contribution >= 4 is 71.2 Å². The molecule has 1 aliphatic heterocycles. The zero-order valence-electron chi connectivity index (χ0n) is 37.0. The van der Waals surface area contributed by atoms with E-state index in [0.29, 0.717) is 98.3 Å². The minimum Gasteiger partial charge on any atom is -0.481 e. The second-order valence-corrected chi connectivity index (χ2v) is 16.3. The van der Waals surface area contributed by atoms with E-state index in [1.807, 2.05) is 36.4 Å². The lowest BCUT2D eigenvalue weighted by Gasteiger charge is -2.28. The largest absolute Gasteiger partial charge is 0.488 e. The van der Waals surface area contributed by atoms with Crippen molar-refractivity contribution in [3.8, 4) is 0 Å². The van der Waals surface area contributed by atoms with Crippen LogP contribution < -0.4 is 26.9 Å². The number of nitrogens with zero attached hydrogens (tertiary/aromatic N) is 3. The summed E-state index contributed by atoms with van der Waals surface area (Å²) in [6, 6.07) is 23.3. The third-order valence-electron chi connectivity index (χ3n) is 11.4. The number of carbonyl (C=O) groups excluding carboxylic acids is 4. The Bertz CT molecular complexity index is 2290. The van der Waals surface area contributed by atoms with Gasteiger partial charge in [-0.1, -0.05) is 80.1 Å². The predicted molar refractivity (Wildman–Crippen MR) is 252 cm³/mol. The van der Waals surface area contributed by atoms with Gasteiger partial charge in [0.25, 0.3) is 11.8 Å². The molecule has 8 N–H and O–H groups in total. The number of carboxylic acid groups (broad SMARTS) is 1. The van der Waals surface area contributed by atoms with Crippen LogP contribution in [0.2, 0.25) is 0 Å². The highest BCUT2D eigenvalue weighted by Crippen LogP contribution is 2.34. The van der Waals surface area contributed by atoms with E-state index in [0.717, 1.165) is 47.9 Å². The summed E-state index contributed by atoms with van der Waals surface area (Å²) in [6.07, 6.45) is 3.52. The van der Waals surface area contributed by atoms with Gasteiger partial charge in [-0.25, -0.2) is 0 Å². The second kappa shape index (κ2) is 25.0. The quantitative estimate of drug-likeness (QED) is 0.0176. The molecule has 344 valence electrons. The van der Waals surface area contributed by atoms with E-state index in [4.69, 9.17) is 5.11 Å².